The molecule has 0 amide bonds. The van der Waals surface area contributed by atoms with E-state index in [-0.39, 0.29) is 5.82 Å². The first-order chi connectivity index (χ1) is 9.29. The Morgan fingerprint density at radius 2 is 1.95 bits per heavy atom. The number of thiazole rings is 1. The predicted molar refractivity (Wildman–Crippen MR) is 81.4 cm³/mol. The Balaban J connectivity index is 1.72. The van der Waals surface area contributed by atoms with Crippen molar-refractivity contribution in [1.29, 1.82) is 0 Å². The summed E-state index contributed by atoms with van der Waals surface area (Å²) in [6, 6.07) is 4.74. The van der Waals surface area contributed by atoms with Crippen molar-refractivity contribution < 1.29 is 4.39 Å². The average Bonchev–Trinajstić information content (AvgIpc) is 2.79. The zero-order valence-electron chi connectivity index (χ0n) is 11.4. The summed E-state index contributed by atoms with van der Waals surface area (Å²) in [5, 5.41) is 4.23. The Kier molecular flexibility index (Phi) is 5.58. The van der Waals surface area contributed by atoms with Crippen LogP contribution in [0.4, 0.5) is 9.52 Å². The summed E-state index contributed by atoms with van der Waals surface area (Å²) in [5.41, 5.74) is 0.872. The Labute approximate surface area is 118 Å². The molecular formula is C15H21FN2S. The minimum atomic E-state index is -0.196. The number of hydrogen-bond donors (Lipinski definition) is 1. The van der Waals surface area contributed by atoms with Crippen molar-refractivity contribution in [2.75, 3.05) is 11.9 Å². The highest BCUT2D eigenvalue weighted by Gasteiger charge is 2.03. The number of unbranched alkanes of at least 4 members (excludes halogenated alkanes) is 5. The Bertz CT molecular complexity index is 510. The molecule has 19 heavy (non-hydrogen) atoms. The third-order valence-electron chi connectivity index (χ3n) is 3.16. The maximum absolute atomic E-state index is 13.1. The summed E-state index contributed by atoms with van der Waals surface area (Å²) in [6.07, 6.45) is 7.75. The molecule has 0 saturated carbocycles. The number of nitrogens with zero attached hydrogens (tertiary/aromatic N) is 1. The van der Waals surface area contributed by atoms with E-state index >= 15 is 0 Å². The SMILES string of the molecule is CCCCCCCCNc1nc2ccc(F)cc2s1. The number of fused-ring (bicyclic) bond motifs is 1. The van der Waals surface area contributed by atoms with Gasteiger partial charge in [-0.25, -0.2) is 9.37 Å². The lowest BCUT2D eigenvalue weighted by Gasteiger charge is -2.02. The van der Waals surface area contributed by atoms with Crippen LogP contribution >= 0.6 is 11.3 Å². The molecule has 0 unspecified atom stereocenters. The first-order valence-electron chi connectivity index (χ1n) is 7.09. The van der Waals surface area contributed by atoms with Gasteiger partial charge in [-0.05, 0) is 24.6 Å². The minimum Gasteiger partial charge on any atom is -0.361 e. The van der Waals surface area contributed by atoms with E-state index in [4.69, 9.17) is 0 Å². The fraction of sp³-hybridized carbons (Fsp3) is 0.533. The van der Waals surface area contributed by atoms with E-state index in [0.29, 0.717) is 0 Å². The smallest absolute Gasteiger partial charge is 0.183 e. The van der Waals surface area contributed by atoms with Crippen LogP contribution in [-0.4, -0.2) is 11.5 Å². The Hall–Kier alpha value is -1.16. The first kappa shape index (κ1) is 14.3. The number of hydrogen-bond acceptors (Lipinski definition) is 3. The van der Waals surface area contributed by atoms with E-state index in [1.54, 1.807) is 12.1 Å². The topological polar surface area (TPSA) is 24.9 Å². The van der Waals surface area contributed by atoms with Crippen LogP contribution in [0.5, 0.6) is 0 Å². The zero-order valence-corrected chi connectivity index (χ0v) is 12.2. The van der Waals surface area contributed by atoms with E-state index in [9.17, 15) is 4.39 Å². The average molecular weight is 280 g/mol. The maximum atomic E-state index is 13.1. The molecule has 2 rings (SSSR count). The molecule has 2 nitrogen and oxygen atoms in total. The van der Waals surface area contributed by atoms with E-state index in [2.05, 4.69) is 17.2 Å². The number of nitrogens with one attached hydrogen (secondary N) is 1. The van der Waals surface area contributed by atoms with Gasteiger partial charge in [0.25, 0.3) is 0 Å². The van der Waals surface area contributed by atoms with Crippen molar-refractivity contribution in [1.82, 2.24) is 4.98 Å². The number of anilines is 1. The number of rotatable bonds is 8. The second-order valence-corrected chi connectivity index (χ2v) is 5.86. The fourth-order valence-electron chi connectivity index (χ4n) is 2.07. The van der Waals surface area contributed by atoms with Crippen LogP contribution in [-0.2, 0) is 0 Å². The summed E-state index contributed by atoms with van der Waals surface area (Å²) in [6.45, 7) is 3.19. The van der Waals surface area contributed by atoms with Crippen LogP contribution in [0.15, 0.2) is 18.2 Å². The van der Waals surface area contributed by atoms with Crippen molar-refractivity contribution in [2.45, 2.75) is 45.4 Å². The lowest BCUT2D eigenvalue weighted by molar-refractivity contribution is 0.617. The van der Waals surface area contributed by atoms with Gasteiger partial charge >= 0.3 is 0 Å². The van der Waals surface area contributed by atoms with Crippen LogP contribution in [0.3, 0.4) is 0 Å². The quantitative estimate of drug-likeness (QED) is 0.672. The lowest BCUT2D eigenvalue weighted by atomic mass is 10.1. The molecule has 0 fully saturated rings. The molecule has 1 N–H and O–H groups in total. The Morgan fingerprint density at radius 1 is 1.16 bits per heavy atom. The molecule has 0 saturated heterocycles. The number of halogens is 1. The normalized spacial score (nSPS) is 11.1. The van der Waals surface area contributed by atoms with Gasteiger partial charge in [-0.2, -0.15) is 0 Å². The second kappa shape index (κ2) is 7.43. The summed E-state index contributed by atoms with van der Waals surface area (Å²) in [7, 11) is 0. The molecule has 104 valence electrons. The number of aromatic nitrogens is 1. The largest absolute Gasteiger partial charge is 0.361 e. The van der Waals surface area contributed by atoms with Crippen molar-refractivity contribution >= 4 is 26.7 Å². The van der Waals surface area contributed by atoms with Crippen LogP contribution in [0.25, 0.3) is 10.2 Å². The summed E-state index contributed by atoms with van der Waals surface area (Å²) in [4.78, 5) is 4.44. The summed E-state index contributed by atoms with van der Waals surface area (Å²) >= 11 is 1.52. The van der Waals surface area contributed by atoms with Crippen LogP contribution < -0.4 is 5.32 Å². The molecule has 4 heteroatoms. The highest BCUT2D eigenvalue weighted by molar-refractivity contribution is 7.22. The maximum Gasteiger partial charge on any atom is 0.183 e. The van der Waals surface area contributed by atoms with Crippen LogP contribution in [0.1, 0.15) is 45.4 Å². The van der Waals surface area contributed by atoms with Crippen molar-refractivity contribution in [3.8, 4) is 0 Å². The standard InChI is InChI=1S/C15H21FN2S/c1-2-3-4-5-6-7-10-17-15-18-13-9-8-12(16)11-14(13)19-15/h8-9,11H,2-7,10H2,1H3,(H,17,18). The van der Waals surface area contributed by atoms with Crippen molar-refractivity contribution in [3.63, 3.8) is 0 Å². The zero-order chi connectivity index (χ0) is 13.5. The van der Waals surface area contributed by atoms with Gasteiger partial charge in [0, 0.05) is 6.54 Å². The first-order valence-corrected chi connectivity index (χ1v) is 7.91. The molecule has 0 aliphatic heterocycles. The molecule has 1 aromatic carbocycles. The molecule has 0 bridgehead atoms. The van der Waals surface area contributed by atoms with Gasteiger partial charge < -0.3 is 5.32 Å². The summed E-state index contributed by atoms with van der Waals surface area (Å²) in [5.74, 6) is -0.196. The summed E-state index contributed by atoms with van der Waals surface area (Å²) < 4.78 is 14.0. The Morgan fingerprint density at radius 3 is 2.79 bits per heavy atom. The van der Waals surface area contributed by atoms with Crippen LogP contribution in [0.2, 0.25) is 0 Å². The highest BCUT2D eigenvalue weighted by Crippen LogP contribution is 2.26. The van der Waals surface area contributed by atoms with E-state index in [0.717, 1.165) is 21.9 Å². The van der Waals surface area contributed by atoms with Gasteiger partial charge in [-0.3, -0.25) is 0 Å². The lowest BCUT2D eigenvalue weighted by Crippen LogP contribution is -2.00. The van der Waals surface area contributed by atoms with Gasteiger partial charge in [0.05, 0.1) is 10.2 Å². The molecule has 0 radical (unpaired) electrons. The third kappa shape index (κ3) is 4.46. The third-order valence-corrected chi connectivity index (χ3v) is 4.13. The van der Waals surface area contributed by atoms with Crippen molar-refractivity contribution in [3.05, 3.63) is 24.0 Å². The van der Waals surface area contributed by atoms with Crippen LogP contribution in [0, 0.1) is 5.82 Å². The van der Waals surface area contributed by atoms with Gasteiger partial charge in [-0.1, -0.05) is 50.4 Å². The van der Waals surface area contributed by atoms with Gasteiger partial charge in [0.1, 0.15) is 5.82 Å². The predicted octanol–water partition coefficient (Wildman–Crippen LogP) is 5.21. The van der Waals surface area contributed by atoms with Gasteiger partial charge in [0.2, 0.25) is 0 Å². The highest BCUT2D eigenvalue weighted by atomic mass is 32.1. The second-order valence-electron chi connectivity index (χ2n) is 4.83. The van der Waals surface area contributed by atoms with E-state index < -0.39 is 0 Å². The van der Waals surface area contributed by atoms with Crippen molar-refractivity contribution in [2.24, 2.45) is 0 Å². The number of benzene rings is 1. The molecule has 0 atom stereocenters. The molecule has 0 aliphatic carbocycles. The molecular weight excluding hydrogens is 259 g/mol. The van der Waals surface area contributed by atoms with Gasteiger partial charge in [0.15, 0.2) is 5.13 Å². The molecule has 1 aromatic heterocycles. The van der Waals surface area contributed by atoms with E-state index in [1.165, 1.54) is 55.9 Å². The molecule has 2 aromatic rings. The minimum absolute atomic E-state index is 0.196. The monoisotopic (exact) mass is 280 g/mol. The molecule has 0 aliphatic rings. The van der Waals surface area contributed by atoms with Gasteiger partial charge in [-0.15, -0.1) is 0 Å². The van der Waals surface area contributed by atoms with E-state index in [1.807, 2.05) is 0 Å². The molecule has 0 spiro atoms. The fourth-order valence-corrected chi connectivity index (χ4v) is 2.99. The molecule has 1 heterocycles.